The van der Waals surface area contributed by atoms with Crippen molar-refractivity contribution in [1.82, 2.24) is 37.2 Å². The number of carbonyl (C=O) groups is 9. The van der Waals surface area contributed by atoms with Crippen LogP contribution in [0.2, 0.25) is 0 Å². The maximum atomic E-state index is 13.5. The van der Waals surface area contributed by atoms with E-state index in [2.05, 4.69) is 47.2 Å². The molecule has 0 aliphatic carbocycles. The van der Waals surface area contributed by atoms with Crippen LogP contribution in [0.1, 0.15) is 71.6 Å². The molecule has 0 aliphatic rings. The molecule has 0 spiro atoms. The number of guanidine groups is 2. The highest BCUT2D eigenvalue weighted by Gasteiger charge is 2.31. The van der Waals surface area contributed by atoms with E-state index >= 15 is 0 Å². The Bertz CT molecular complexity index is 1570. The second-order valence-corrected chi connectivity index (χ2v) is 14.4. The lowest BCUT2D eigenvalue weighted by Gasteiger charge is -2.26. The van der Waals surface area contributed by atoms with Crippen molar-refractivity contribution >= 4 is 65.2 Å². The van der Waals surface area contributed by atoms with E-state index in [1.807, 2.05) is 0 Å². The maximum absolute atomic E-state index is 13.5. The van der Waals surface area contributed by atoms with E-state index in [0.717, 1.165) is 0 Å². The molecule has 27 nitrogen and oxygen atoms in total. The minimum atomic E-state index is -1.67. The molecule has 0 aromatic heterocycles. The fourth-order valence-corrected chi connectivity index (χ4v) is 5.37. The Morgan fingerprint density at radius 3 is 1.45 bits per heavy atom. The highest BCUT2D eigenvalue weighted by Crippen LogP contribution is 2.09. The molecule has 0 rings (SSSR count). The summed E-state index contributed by atoms with van der Waals surface area (Å²) in [5.41, 5.74) is 32.5. The van der Waals surface area contributed by atoms with Crippen LogP contribution in [0.4, 0.5) is 0 Å². The van der Waals surface area contributed by atoms with Gasteiger partial charge in [-0.2, -0.15) is 0 Å². The number of carboxylic acid groups (broad SMARTS) is 2. The summed E-state index contributed by atoms with van der Waals surface area (Å²) in [4.78, 5) is 121. The van der Waals surface area contributed by atoms with Crippen molar-refractivity contribution in [2.24, 2.45) is 50.3 Å². The zero-order chi connectivity index (χ0) is 47.4. The van der Waals surface area contributed by atoms with Gasteiger partial charge in [0.25, 0.3) is 0 Å². The number of nitrogens with one attached hydrogen (secondary N) is 7. The number of nitrogens with two attached hydrogens (primary N) is 6. The van der Waals surface area contributed by atoms with Gasteiger partial charge in [0, 0.05) is 13.1 Å². The van der Waals surface area contributed by atoms with Crippen LogP contribution in [0.25, 0.3) is 0 Å². The number of aliphatic imine (C=N–C) groups is 2. The molecule has 0 fully saturated rings. The van der Waals surface area contributed by atoms with Gasteiger partial charge in [0.15, 0.2) is 11.9 Å². The molecule has 0 saturated carbocycles. The lowest BCUT2D eigenvalue weighted by Crippen LogP contribution is -2.59. The molecule has 7 amide bonds. The summed E-state index contributed by atoms with van der Waals surface area (Å²) in [6, 6.07) is -8.33. The Balaban J connectivity index is 5.84. The summed E-state index contributed by atoms with van der Waals surface area (Å²) < 4.78 is 0. The van der Waals surface area contributed by atoms with E-state index in [1.54, 1.807) is 13.8 Å². The molecule has 0 heterocycles. The van der Waals surface area contributed by atoms with Crippen molar-refractivity contribution in [3.63, 3.8) is 0 Å². The van der Waals surface area contributed by atoms with E-state index < -0.39 is 116 Å². The van der Waals surface area contributed by atoms with Crippen LogP contribution in [0.5, 0.6) is 0 Å². The highest BCUT2D eigenvalue weighted by molar-refractivity contribution is 5.96. The molecule has 6 atom stereocenters. The molecule has 0 unspecified atom stereocenters. The number of aliphatic hydroxyl groups is 1. The van der Waals surface area contributed by atoms with Crippen LogP contribution in [0.15, 0.2) is 9.98 Å². The van der Waals surface area contributed by atoms with Crippen LogP contribution >= 0.6 is 0 Å². The third-order valence-corrected chi connectivity index (χ3v) is 8.49. The van der Waals surface area contributed by atoms with E-state index in [1.165, 1.54) is 0 Å². The number of aliphatic carboxylic acids is 2. The standard InChI is InChI=1S/C35H65N15O12/c1-18(2)13-23(49-28(56)19(37)14-27(54)55)32(60)48-21(9-6-12-43-35(40)41)31(59)50-24(17-51)30(58)45-15-25(52)46-20(8-5-11-42-34(38)39)29(57)44-16-26(53)47-22(33(61)62)7-3-4-10-36/h18-24,51H,3-17,36-37H2,1-2H3,(H,44,57)(H,45,58)(H,46,52)(H,47,53)(H,48,60)(H,49,56)(H,50,59)(H,54,55)(H,61,62)(H4,38,39,42)(H4,40,41,43)/t19-,20-,21-,22-,23-,24-/m0/s1. The first-order chi connectivity index (χ1) is 29.1. The molecule has 0 aromatic rings. The highest BCUT2D eigenvalue weighted by atomic mass is 16.4. The molecule has 352 valence electrons. The van der Waals surface area contributed by atoms with Gasteiger partial charge >= 0.3 is 11.9 Å². The average Bonchev–Trinajstić information content (AvgIpc) is 3.18. The van der Waals surface area contributed by atoms with Crippen molar-refractivity contribution in [2.45, 2.75) is 108 Å². The predicted octanol–water partition coefficient (Wildman–Crippen LogP) is -7.20. The summed E-state index contributed by atoms with van der Waals surface area (Å²) in [6.07, 6.45) is 0.552. The normalized spacial score (nSPS) is 13.6. The zero-order valence-electron chi connectivity index (χ0n) is 35.0. The molecule has 22 N–H and O–H groups in total. The SMILES string of the molecule is CC(C)C[C@H](NC(=O)[C@@H](N)CC(=O)O)C(=O)N[C@@H](CCCN=C(N)N)C(=O)N[C@@H](CO)C(=O)NCC(=O)N[C@@H](CCCN=C(N)N)C(=O)NCC(=O)N[C@@H](CCCCN)C(=O)O. The van der Waals surface area contributed by atoms with Crippen molar-refractivity contribution in [3.05, 3.63) is 0 Å². The molecule has 0 aromatic carbocycles. The number of aliphatic hydroxyl groups excluding tert-OH is 1. The number of amides is 7. The minimum absolute atomic E-state index is 0.0263. The second kappa shape index (κ2) is 30.6. The minimum Gasteiger partial charge on any atom is -0.481 e. The third-order valence-electron chi connectivity index (χ3n) is 8.49. The number of unbranched alkanes of at least 4 members (excludes halogenated alkanes) is 1. The van der Waals surface area contributed by atoms with Gasteiger partial charge in [0.1, 0.15) is 30.2 Å². The first-order valence-electron chi connectivity index (χ1n) is 19.8. The van der Waals surface area contributed by atoms with Crippen LogP contribution in [0, 0.1) is 5.92 Å². The predicted molar refractivity (Wildman–Crippen MR) is 223 cm³/mol. The van der Waals surface area contributed by atoms with Crippen LogP contribution in [-0.2, 0) is 43.2 Å². The Kier molecular flexibility index (Phi) is 27.5. The monoisotopic (exact) mass is 887 g/mol. The van der Waals surface area contributed by atoms with E-state index in [0.29, 0.717) is 19.4 Å². The van der Waals surface area contributed by atoms with Crippen molar-refractivity contribution in [2.75, 3.05) is 39.3 Å². The second-order valence-electron chi connectivity index (χ2n) is 14.4. The molecule has 27 heteroatoms. The number of carboxylic acids is 2. The number of carbonyl (C=O) groups excluding carboxylic acids is 7. The largest absolute Gasteiger partial charge is 0.481 e. The van der Waals surface area contributed by atoms with Gasteiger partial charge in [-0.3, -0.25) is 48.3 Å². The van der Waals surface area contributed by atoms with Gasteiger partial charge in [0.05, 0.1) is 32.2 Å². The van der Waals surface area contributed by atoms with Gasteiger partial charge in [-0.15, -0.1) is 0 Å². The van der Waals surface area contributed by atoms with Gasteiger partial charge in [-0.1, -0.05) is 13.8 Å². The van der Waals surface area contributed by atoms with Gasteiger partial charge in [-0.05, 0) is 63.8 Å². The summed E-state index contributed by atoms with van der Waals surface area (Å²) in [6.45, 7) is 1.51. The van der Waals surface area contributed by atoms with Crippen molar-refractivity contribution < 1.29 is 58.5 Å². The smallest absolute Gasteiger partial charge is 0.326 e. The number of hydrogen-bond donors (Lipinski definition) is 16. The molecule has 0 aliphatic heterocycles. The molecular weight excluding hydrogens is 822 g/mol. The third kappa shape index (κ3) is 25.3. The number of hydrogen-bond acceptors (Lipinski definition) is 14. The first kappa shape index (κ1) is 55.7. The summed E-state index contributed by atoms with van der Waals surface area (Å²) in [5, 5.41) is 44.8. The number of rotatable bonds is 32. The fourth-order valence-electron chi connectivity index (χ4n) is 5.37. The molecule has 0 bridgehead atoms. The van der Waals surface area contributed by atoms with Gasteiger partial charge < -0.3 is 86.9 Å². The zero-order valence-corrected chi connectivity index (χ0v) is 35.0. The van der Waals surface area contributed by atoms with Crippen LogP contribution in [0.3, 0.4) is 0 Å². The Hall–Kier alpha value is -6.35. The quantitative estimate of drug-likeness (QED) is 0.0169. The fraction of sp³-hybridized carbons (Fsp3) is 0.686. The summed E-state index contributed by atoms with van der Waals surface area (Å²) in [7, 11) is 0. The maximum Gasteiger partial charge on any atom is 0.326 e. The Morgan fingerprint density at radius 1 is 0.565 bits per heavy atom. The molecule has 0 saturated heterocycles. The van der Waals surface area contributed by atoms with Crippen LogP contribution in [-0.4, -0.2) is 156 Å². The average molecular weight is 888 g/mol. The summed E-state index contributed by atoms with van der Waals surface area (Å²) >= 11 is 0. The van der Waals surface area contributed by atoms with Gasteiger partial charge in [-0.25, -0.2) is 4.79 Å². The van der Waals surface area contributed by atoms with Gasteiger partial charge in [0.2, 0.25) is 41.4 Å². The molecule has 62 heavy (non-hydrogen) atoms. The van der Waals surface area contributed by atoms with E-state index in [-0.39, 0.29) is 69.5 Å². The Labute approximate surface area is 358 Å². The topological polar surface area (TPSA) is 479 Å². The lowest BCUT2D eigenvalue weighted by molar-refractivity contribution is -0.142. The number of nitrogens with zero attached hydrogens (tertiary/aromatic N) is 2. The molecular formula is C35H65N15O12. The lowest BCUT2D eigenvalue weighted by atomic mass is 10.0. The van der Waals surface area contributed by atoms with Crippen molar-refractivity contribution in [1.29, 1.82) is 0 Å². The van der Waals surface area contributed by atoms with E-state index in [4.69, 9.17) is 39.5 Å². The van der Waals surface area contributed by atoms with Crippen molar-refractivity contribution in [3.8, 4) is 0 Å². The summed E-state index contributed by atoms with van der Waals surface area (Å²) in [5.74, 6) is -9.63. The van der Waals surface area contributed by atoms with Crippen LogP contribution < -0.4 is 71.6 Å². The molecule has 0 radical (unpaired) electrons. The Morgan fingerprint density at radius 2 is 1.00 bits per heavy atom. The first-order valence-corrected chi connectivity index (χ1v) is 19.8. The van der Waals surface area contributed by atoms with E-state index in [9.17, 15) is 53.4 Å².